The number of ether oxygens (including phenoxy) is 2. The van der Waals surface area contributed by atoms with Gasteiger partial charge in [-0.05, 0) is 114 Å². The van der Waals surface area contributed by atoms with Gasteiger partial charge in [0.25, 0.3) is 0 Å². The Hall–Kier alpha value is -5.56. The van der Waals surface area contributed by atoms with E-state index < -0.39 is 62.9 Å². The van der Waals surface area contributed by atoms with Crippen LogP contribution in [0.15, 0.2) is 103 Å². The molecule has 13 heteroatoms. The first kappa shape index (κ1) is 46.0. The Labute approximate surface area is 355 Å². The summed E-state index contributed by atoms with van der Waals surface area (Å²) < 4.78 is 107. The molecule has 0 bridgehead atoms. The number of benzene rings is 4. The molecule has 6 aromatic rings. The molecule has 0 spiro atoms. The van der Waals surface area contributed by atoms with E-state index >= 15 is 0 Å². The molecule has 6 rings (SSSR count). The number of aryl methyl sites for hydroxylation is 2. The van der Waals surface area contributed by atoms with Crippen molar-refractivity contribution in [2.75, 3.05) is 0 Å². The van der Waals surface area contributed by atoms with E-state index in [9.17, 15) is 41.0 Å². The third kappa shape index (κ3) is 10.0. The van der Waals surface area contributed by atoms with Gasteiger partial charge in [-0.3, -0.25) is 0 Å². The molecule has 0 atom stereocenters. The van der Waals surface area contributed by atoms with Gasteiger partial charge in [0.15, 0.2) is 0 Å². The molecule has 0 unspecified atom stereocenters. The van der Waals surface area contributed by atoms with Crippen molar-refractivity contribution in [3.8, 4) is 33.8 Å². The van der Waals surface area contributed by atoms with E-state index in [4.69, 9.17) is 18.3 Å². The Morgan fingerprint density at radius 3 is 1.21 bits per heavy atom. The van der Waals surface area contributed by atoms with E-state index in [-0.39, 0.29) is 33.4 Å². The van der Waals surface area contributed by atoms with E-state index in [1.807, 2.05) is 55.4 Å². The molecule has 4 aromatic carbocycles. The number of rotatable bonds is 12. The van der Waals surface area contributed by atoms with Crippen molar-refractivity contribution in [3.05, 3.63) is 128 Å². The van der Waals surface area contributed by atoms with Crippen LogP contribution in [0.3, 0.4) is 0 Å². The van der Waals surface area contributed by atoms with Crippen molar-refractivity contribution in [2.45, 2.75) is 112 Å². The summed E-state index contributed by atoms with van der Waals surface area (Å²) >= 11 is 0. The molecule has 7 nitrogen and oxygen atoms in total. The zero-order chi connectivity index (χ0) is 46.0. The number of aliphatic hydroxyl groups is 1. The van der Waals surface area contributed by atoms with Crippen molar-refractivity contribution >= 4 is 21.9 Å². The van der Waals surface area contributed by atoms with Gasteiger partial charge in [-0.1, -0.05) is 63.1 Å². The normalized spacial score (nSPS) is 13.3. The van der Waals surface area contributed by atoms with Gasteiger partial charge in [-0.15, -0.1) is 0 Å². The van der Waals surface area contributed by atoms with Gasteiger partial charge in [0.05, 0.1) is 28.4 Å². The molecule has 0 aliphatic heterocycles. The van der Waals surface area contributed by atoms with Gasteiger partial charge >= 0.3 is 23.6 Å². The summed E-state index contributed by atoms with van der Waals surface area (Å²) in [5, 5.41) is 12.8. The van der Waals surface area contributed by atoms with Crippen molar-refractivity contribution < 1.29 is 49.8 Å². The number of aliphatic hydroxyl groups excluding tert-OH is 1. The van der Waals surface area contributed by atoms with E-state index in [0.29, 0.717) is 46.2 Å². The highest BCUT2D eigenvalue weighted by Crippen LogP contribution is 2.46. The van der Waals surface area contributed by atoms with Crippen molar-refractivity contribution in [2.24, 2.45) is 10.8 Å². The Morgan fingerprint density at radius 2 is 0.871 bits per heavy atom. The number of alkyl halides is 6. The summed E-state index contributed by atoms with van der Waals surface area (Å²) in [6, 6.07) is 19.8. The largest absolute Gasteiger partial charge is 0.488 e. The maximum absolute atomic E-state index is 13.9. The van der Waals surface area contributed by atoms with Crippen LogP contribution in [0.2, 0.25) is 0 Å². The second-order valence-corrected chi connectivity index (χ2v) is 18.8. The zero-order valence-corrected chi connectivity index (χ0v) is 36.2. The topological polar surface area (TPSA) is 99.1 Å². The van der Waals surface area contributed by atoms with Crippen LogP contribution in [0.25, 0.3) is 44.2 Å². The van der Waals surface area contributed by atoms with Crippen LogP contribution in [0.4, 0.5) is 26.3 Å². The monoisotopic (exact) mass is 864 g/mol. The first-order chi connectivity index (χ1) is 28.4. The predicted octanol–water partition coefficient (Wildman–Crippen LogP) is 13.1. The molecule has 0 aliphatic rings. The minimum absolute atomic E-state index is 0.135. The van der Waals surface area contributed by atoms with Crippen molar-refractivity contribution in [3.63, 3.8) is 0 Å². The summed E-state index contributed by atoms with van der Waals surface area (Å²) in [4.78, 5) is 26.1. The Bertz CT molecular complexity index is 2580. The highest BCUT2D eigenvalue weighted by molar-refractivity contribution is 5.85. The zero-order valence-electron chi connectivity index (χ0n) is 36.2. The number of hydrogen-bond acceptors (Lipinski definition) is 7. The van der Waals surface area contributed by atoms with Gasteiger partial charge in [0.1, 0.15) is 33.9 Å². The summed E-state index contributed by atoms with van der Waals surface area (Å²) in [5.74, 6) is 0.708. The van der Waals surface area contributed by atoms with Crippen LogP contribution in [0.5, 0.6) is 11.5 Å². The quantitative estimate of drug-likeness (QED) is 0.0966. The molecule has 0 amide bonds. The lowest BCUT2D eigenvalue weighted by Crippen LogP contribution is -2.49. The van der Waals surface area contributed by atoms with E-state index in [0.717, 1.165) is 12.1 Å². The Kier molecular flexibility index (Phi) is 11.8. The Morgan fingerprint density at radius 1 is 0.516 bits per heavy atom. The summed E-state index contributed by atoms with van der Waals surface area (Å²) in [5.41, 5.74) is -6.81. The van der Waals surface area contributed by atoms with E-state index in [1.54, 1.807) is 38.1 Å². The minimum atomic E-state index is -4.68. The summed E-state index contributed by atoms with van der Waals surface area (Å²) in [6.45, 7) is 18.2. The second kappa shape index (κ2) is 16.0. The lowest BCUT2D eigenvalue weighted by atomic mass is 9.65. The number of halogens is 6. The van der Waals surface area contributed by atoms with Gasteiger partial charge < -0.3 is 23.4 Å². The SMILES string of the molecule is Cc1ccc(-c2cc3ccc(OC(C)(C)CC(C)(C)C(O)C(C)(C)CC(C)(C)Oc4ccc5cc(-c6ccc(C)cc6C(F)(F)F)c(=O)oc5c4)cc3oc2=O)c(C(F)(F)F)c1. The lowest BCUT2D eigenvalue weighted by Gasteiger charge is -2.46. The summed E-state index contributed by atoms with van der Waals surface area (Å²) in [7, 11) is 0. The van der Waals surface area contributed by atoms with Gasteiger partial charge in [0, 0.05) is 34.0 Å². The van der Waals surface area contributed by atoms with Crippen LogP contribution in [-0.4, -0.2) is 22.4 Å². The Balaban J connectivity index is 1.15. The fourth-order valence-electron chi connectivity index (χ4n) is 9.10. The van der Waals surface area contributed by atoms with Gasteiger partial charge in [-0.25, -0.2) is 9.59 Å². The van der Waals surface area contributed by atoms with Crippen molar-refractivity contribution in [1.82, 2.24) is 0 Å². The van der Waals surface area contributed by atoms with Crippen LogP contribution in [-0.2, 0) is 12.4 Å². The molecule has 0 saturated heterocycles. The van der Waals surface area contributed by atoms with E-state index in [1.165, 1.54) is 48.5 Å². The predicted molar refractivity (Wildman–Crippen MR) is 228 cm³/mol. The first-order valence-electron chi connectivity index (χ1n) is 20.0. The van der Waals surface area contributed by atoms with E-state index in [2.05, 4.69) is 0 Å². The van der Waals surface area contributed by atoms with Crippen LogP contribution < -0.4 is 20.7 Å². The smallest absolute Gasteiger partial charge is 0.417 e. The van der Waals surface area contributed by atoms with Gasteiger partial charge in [-0.2, -0.15) is 26.3 Å². The third-order valence-electron chi connectivity index (χ3n) is 11.0. The van der Waals surface area contributed by atoms with Crippen LogP contribution in [0.1, 0.15) is 90.5 Å². The highest BCUT2D eigenvalue weighted by atomic mass is 19.4. The van der Waals surface area contributed by atoms with Gasteiger partial charge in [0.2, 0.25) is 0 Å². The molecule has 0 radical (unpaired) electrons. The number of hydrogen-bond donors (Lipinski definition) is 1. The standard InChI is InChI=1S/C49H50F6O7/c1-27-11-17-33(37(19-27)48(50,51)52)35-21-29-13-15-31(23-39(29)59-41(35)56)61-46(7,8)25-44(3,4)43(58)45(5,6)26-47(9,10)62-32-16-14-30-22-36(42(57)60-40(30)24-32)34-18-12-28(2)20-38(34)49(53,54)55/h11-24,43,58H,25-26H2,1-10H3. The van der Waals surface area contributed by atoms with Crippen molar-refractivity contribution in [1.29, 1.82) is 0 Å². The molecule has 0 fully saturated rings. The second-order valence-electron chi connectivity index (χ2n) is 18.8. The van der Waals surface area contributed by atoms with Crippen LogP contribution in [0, 0.1) is 24.7 Å². The summed E-state index contributed by atoms with van der Waals surface area (Å²) in [6.07, 6.45) is -9.53. The molecule has 2 aromatic heterocycles. The fourth-order valence-corrected chi connectivity index (χ4v) is 9.10. The molecule has 62 heavy (non-hydrogen) atoms. The molecule has 1 N–H and O–H groups in total. The van der Waals surface area contributed by atoms with Crippen LogP contribution >= 0.6 is 0 Å². The molecule has 2 heterocycles. The lowest BCUT2D eigenvalue weighted by molar-refractivity contribution is -0.138. The minimum Gasteiger partial charge on any atom is -0.488 e. The molecular formula is C49H50F6O7. The maximum Gasteiger partial charge on any atom is 0.417 e. The molecular weight excluding hydrogens is 815 g/mol. The molecule has 330 valence electrons. The average Bonchev–Trinajstić information content (AvgIpc) is 3.12. The molecule has 0 aliphatic carbocycles. The number of fused-ring (bicyclic) bond motifs is 2. The molecule has 0 saturated carbocycles. The fraction of sp³-hybridized carbons (Fsp3) is 0.388. The highest BCUT2D eigenvalue weighted by Gasteiger charge is 2.46. The first-order valence-corrected chi connectivity index (χ1v) is 20.0. The third-order valence-corrected chi connectivity index (χ3v) is 11.0. The maximum atomic E-state index is 13.9. The average molecular weight is 865 g/mol.